The predicted molar refractivity (Wildman–Crippen MR) is 92.0 cm³/mol. The van der Waals surface area contributed by atoms with Gasteiger partial charge in [0, 0.05) is 23.0 Å². The van der Waals surface area contributed by atoms with Crippen LogP contribution in [0.2, 0.25) is 0 Å². The number of aliphatic hydroxyl groups is 3. The van der Waals surface area contributed by atoms with Crippen molar-refractivity contribution in [2.24, 2.45) is 5.41 Å². The molecule has 1 aromatic rings. The first-order chi connectivity index (χ1) is 12.2. The first kappa shape index (κ1) is 17.8. The van der Waals surface area contributed by atoms with Crippen molar-refractivity contribution in [3.05, 3.63) is 35.3 Å². The summed E-state index contributed by atoms with van der Waals surface area (Å²) in [5.74, 6) is -0.332. The summed E-state index contributed by atoms with van der Waals surface area (Å²) in [7, 11) is 0. The molecule has 1 saturated heterocycles. The molecule has 4 rings (SSSR count). The molecule has 0 bridgehead atoms. The summed E-state index contributed by atoms with van der Waals surface area (Å²) < 4.78 is 10.6. The summed E-state index contributed by atoms with van der Waals surface area (Å²) >= 11 is 0. The summed E-state index contributed by atoms with van der Waals surface area (Å²) in [5, 5.41) is 32.6. The Balaban J connectivity index is 1.64. The number of rotatable bonds is 1. The Labute approximate surface area is 152 Å². The molecule has 2 saturated carbocycles. The third-order valence-electron chi connectivity index (χ3n) is 7.28. The van der Waals surface area contributed by atoms with E-state index in [-0.39, 0.29) is 12.1 Å². The highest BCUT2D eigenvalue weighted by Gasteiger charge is 2.64. The Morgan fingerprint density at radius 1 is 1.23 bits per heavy atom. The van der Waals surface area contributed by atoms with Crippen LogP contribution in [0.1, 0.15) is 64.0 Å². The van der Waals surface area contributed by atoms with Crippen molar-refractivity contribution in [2.45, 2.75) is 75.8 Å². The molecule has 0 unspecified atom stereocenters. The summed E-state index contributed by atoms with van der Waals surface area (Å²) in [6, 6.07) is 1.79. The Bertz CT molecular complexity index is 748. The number of hydrogen-bond donors (Lipinski definition) is 3. The first-order valence-corrected chi connectivity index (χ1v) is 9.25. The largest absolute Gasteiger partial charge is 0.472 e. The summed E-state index contributed by atoms with van der Waals surface area (Å²) in [4.78, 5) is 12.4. The van der Waals surface area contributed by atoms with E-state index in [1.165, 1.54) is 0 Å². The zero-order valence-electron chi connectivity index (χ0n) is 15.2. The number of furan rings is 1. The molecular weight excluding hydrogens is 336 g/mol. The zero-order valence-corrected chi connectivity index (χ0v) is 15.2. The van der Waals surface area contributed by atoms with Crippen LogP contribution >= 0.6 is 0 Å². The topological polar surface area (TPSA) is 100 Å². The molecule has 3 aliphatic rings. The highest BCUT2D eigenvalue weighted by Crippen LogP contribution is 2.59. The van der Waals surface area contributed by atoms with Crippen LogP contribution in [-0.4, -0.2) is 38.6 Å². The van der Waals surface area contributed by atoms with Gasteiger partial charge in [-0.3, -0.25) is 0 Å². The Morgan fingerprint density at radius 3 is 2.69 bits per heavy atom. The van der Waals surface area contributed by atoms with E-state index in [2.05, 4.69) is 0 Å². The average molecular weight is 362 g/mol. The Morgan fingerprint density at radius 2 is 2.00 bits per heavy atom. The number of aliphatic hydroxyl groups excluding tert-OH is 1. The molecule has 0 amide bonds. The molecule has 0 aromatic carbocycles. The summed E-state index contributed by atoms with van der Waals surface area (Å²) in [5.41, 5.74) is -0.966. The van der Waals surface area contributed by atoms with Crippen LogP contribution in [0.15, 0.2) is 34.2 Å². The van der Waals surface area contributed by atoms with Crippen LogP contribution in [0.5, 0.6) is 0 Å². The molecule has 6 heteroatoms. The lowest BCUT2D eigenvalue weighted by atomic mass is 9.49. The van der Waals surface area contributed by atoms with Crippen molar-refractivity contribution in [1.82, 2.24) is 0 Å². The second kappa shape index (κ2) is 5.68. The number of hydrogen-bond acceptors (Lipinski definition) is 6. The molecule has 1 aromatic heterocycles. The average Bonchev–Trinajstić information content (AvgIpc) is 3.23. The molecule has 6 nitrogen and oxygen atoms in total. The van der Waals surface area contributed by atoms with Crippen molar-refractivity contribution >= 4 is 5.97 Å². The van der Waals surface area contributed by atoms with Crippen LogP contribution in [0, 0.1) is 5.41 Å². The van der Waals surface area contributed by atoms with Gasteiger partial charge in [-0.25, -0.2) is 4.79 Å². The lowest BCUT2D eigenvalue weighted by Gasteiger charge is -2.61. The van der Waals surface area contributed by atoms with Gasteiger partial charge in [-0.2, -0.15) is 0 Å². The molecule has 1 aliphatic heterocycles. The van der Waals surface area contributed by atoms with Gasteiger partial charge >= 0.3 is 5.97 Å². The van der Waals surface area contributed by atoms with E-state index in [1.54, 1.807) is 25.5 Å². The SMILES string of the molecule is C[C@]12CC/C(=C3/C[C@H](c4ccoc4)OC3=O)C[C@@]1(O)CC[C@@H](O)[C@]2(C)O. The van der Waals surface area contributed by atoms with Crippen molar-refractivity contribution in [1.29, 1.82) is 0 Å². The molecule has 0 spiro atoms. The van der Waals surface area contributed by atoms with Gasteiger partial charge in [-0.1, -0.05) is 12.5 Å². The van der Waals surface area contributed by atoms with Crippen molar-refractivity contribution in [2.75, 3.05) is 0 Å². The van der Waals surface area contributed by atoms with E-state index in [1.807, 2.05) is 6.92 Å². The number of fused-ring (bicyclic) bond motifs is 1. The van der Waals surface area contributed by atoms with Gasteiger partial charge in [0.1, 0.15) is 6.10 Å². The van der Waals surface area contributed by atoms with E-state index in [9.17, 15) is 20.1 Å². The van der Waals surface area contributed by atoms with Gasteiger partial charge in [0.05, 0.1) is 29.8 Å². The second-order valence-electron chi connectivity index (χ2n) is 8.48. The summed E-state index contributed by atoms with van der Waals surface area (Å²) in [6.07, 6.45) is 4.58. The van der Waals surface area contributed by atoms with Gasteiger partial charge in [0.15, 0.2) is 0 Å². The van der Waals surface area contributed by atoms with E-state index in [0.717, 1.165) is 11.1 Å². The monoisotopic (exact) mass is 362 g/mol. The zero-order chi connectivity index (χ0) is 18.7. The van der Waals surface area contributed by atoms with Gasteiger partial charge in [-0.15, -0.1) is 0 Å². The van der Waals surface area contributed by atoms with E-state index >= 15 is 0 Å². The molecule has 3 N–H and O–H groups in total. The smallest absolute Gasteiger partial charge is 0.334 e. The number of ether oxygens (including phenoxy) is 1. The molecule has 2 aliphatic carbocycles. The maximum Gasteiger partial charge on any atom is 0.334 e. The van der Waals surface area contributed by atoms with E-state index < -0.39 is 22.7 Å². The maximum absolute atomic E-state index is 12.4. The Hall–Kier alpha value is -1.63. The summed E-state index contributed by atoms with van der Waals surface area (Å²) in [6.45, 7) is 3.46. The van der Waals surface area contributed by atoms with Crippen molar-refractivity contribution < 1.29 is 29.3 Å². The number of cyclic esters (lactones) is 1. The number of esters is 1. The first-order valence-electron chi connectivity index (χ1n) is 9.25. The predicted octanol–water partition coefficient (Wildman–Crippen LogP) is 2.39. The minimum absolute atomic E-state index is 0.328. The standard InChI is InChI=1S/C20H26O6/c1-18-6-3-12(10-20(18,24)7-4-16(21)19(18,2)23)14-9-15(26-17(14)22)13-5-8-25-11-13/h5,8,11,15-16,21,23-24H,3-4,6-7,9-10H2,1-2H3/b14-12+/t15-,16-,18-,19+,20+/m1/s1. The van der Waals surface area contributed by atoms with Gasteiger partial charge in [0.25, 0.3) is 0 Å². The Kier molecular flexibility index (Phi) is 3.88. The van der Waals surface area contributed by atoms with Crippen LogP contribution in [-0.2, 0) is 9.53 Å². The fourth-order valence-corrected chi connectivity index (χ4v) is 5.08. The van der Waals surface area contributed by atoms with Crippen molar-refractivity contribution in [3.8, 4) is 0 Å². The molecular formula is C20H26O6. The van der Waals surface area contributed by atoms with Crippen LogP contribution < -0.4 is 0 Å². The van der Waals surface area contributed by atoms with Crippen LogP contribution in [0.25, 0.3) is 0 Å². The maximum atomic E-state index is 12.4. The molecule has 26 heavy (non-hydrogen) atoms. The second-order valence-corrected chi connectivity index (χ2v) is 8.48. The number of carbonyl (C=O) groups is 1. The number of carbonyl (C=O) groups excluding carboxylic acids is 1. The van der Waals surface area contributed by atoms with E-state index in [4.69, 9.17) is 9.15 Å². The third kappa shape index (κ3) is 2.32. The molecule has 0 radical (unpaired) electrons. The quantitative estimate of drug-likeness (QED) is 0.524. The van der Waals surface area contributed by atoms with Gasteiger partial charge in [0.2, 0.25) is 0 Å². The molecule has 3 fully saturated rings. The van der Waals surface area contributed by atoms with Crippen LogP contribution in [0.4, 0.5) is 0 Å². The minimum atomic E-state index is -1.37. The lowest BCUT2D eigenvalue weighted by molar-refractivity contribution is -0.258. The highest BCUT2D eigenvalue weighted by molar-refractivity contribution is 5.91. The van der Waals surface area contributed by atoms with E-state index in [0.29, 0.717) is 44.1 Å². The molecule has 5 atom stereocenters. The minimum Gasteiger partial charge on any atom is -0.472 e. The van der Waals surface area contributed by atoms with Crippen LogP contribution in [0.3, 0.4) is 0 Å². The lowest BCUT2D eigenvalue weighted by Crippen LogP contribution is -2.68. The van der Waals surface area contributed by atoms with Gasteiger partial charge < -0.3 is 24.5 Å². The molecule has 2 heterocycles. The fourth-order valence-electron chi connectivity index (χ4n) is 5.08. The third-order valence-corrected chi connectivity index (χ3v) is 7.28. The molecule has 142 valence electrons. The fraction of sp³-hybridized carbons (Fsp3) is 0.650. The normalized spacial score (nSPS) is 46.1. The van der Waals surface area contributed by atoms with Gasteiger partial charge in [-0.05, 0) is 45.1 Å². The van der Waals surface area contributed by atoms with Crippen molar-refractivity contribution in [3.63, 3.8) is 0 Å². The highest BCUT2D eigenvalue weighted by atomic mass is 16.6.